The summed E-state index contributed by atoms with van der Waals surface area (Å²) in [5.74, 6) is 0. The van der Waals surface area contributed by atoms with Crippen molar-refractivity contribution in [3.63, 3.8) is 0 Å². The zero-order chi connectivity index (χ0) is 14.7. The van der Waals surface area contributed by atoms with Gasteiger partial charge in [0.2, 0.25) is 0 Å². The summed E-state index contributed by atoms with van der Waals surface area (Å²) in [6.07, 6.45) is 7.07. The van der Waals surface area contributed by atoms with Gasteiger partial charge in [0.1, 0.15) is 11.4 Å². The van der Waals surface area contributed by atoms with E-state index in [0.717, 1.165) is 26.2 Å². The summed E-state index contributed by atoms with van der Waals surface area (Å²) in [5.41, 5.74) is 6.62. The molecule has 6 nitrogen and oxygen atoms in total. The molecule has 2 aliphatic rings. The topological polar surface area (TPSA) is 75.6 Å². The van der Waals surface area contributed by atoms with Crippen LogP contribution in [0.1, 0.15) is 0 Å². The van der Waals surface area contributed by atoms with E-state index in [0.29, 0.717) is 10.2 Å². The third-order valence-corrected chi connectivity index (χ3v) is 4.08. The third kappa shape index (κ3) is 3.10. The second kappa shape index (κ2) is 6.23. The highest BCUT2D eigenvalue weighted by Gasteiger charge is 2.29. The first-order chi connectivity index (χ1) is 9.50. The van der Waals surface area contributed by atoms with Crippen LogP contribution in [0.2, 0.25) is 0 Å². The number of likely N-dealkylation sites (N-methyl/N-ethyl adjacent to an activating group) is 1. The largest absolute Gasteiger partial charge is 0.392 e. The van der Waals surface area contributed by atoms with E-state index in [1.54, 1.807) is 18.2 Å². The molecule has 108 valence electrons. The van der Waals surface area contributed by atoms with Crippen LogP contribution in [0.3, 0.4) is 0 Å². The SMILES string of the molecule is CN1CCN(C2=C/C=C/C=C(/Br)C(N)=C2[N+](=O)[O-])CC1. The first-order valence-corrected chi connectivity index (χ1v) is 7.12. The number of halogens is 1. The van der Waals surface area contributed by atoms with Crippen molar-refractivity contribution in [3.8, 4) is 0 Å². The van der Waals surface area contributed by atoms with Gasteiger partial charge in [-0.15, -0.1) is 0 Å². The standard InChI is InChI=1S/C13H17BrN4O2/c1-16-6-8-17(9-7-16)11-5-3-2-4-10(14)12(15)13(11)18(19)20/h2-5H,6-9,15H2,1H3/b3-2+,4-2?,5-3?,10-4+,11-5?,12-10?,13-11?,13-12?. The molecule has 0 amide bonds. The number of hydrogen-bond acceptors (Lipinski definition) is 5. The quantitative estimate of drug-likeness (QED) is 0.607. The number of hydrogen-bond donors (Lipinski definition) is 1. The molecule has 20 heavy (non-hydrogen) atoms. The minimum absolute atomic E-state index is 0.0398. The Hall–Kier alpha value is -1.60. The Balaban J connectivity index is 2.40. The molecule has 2 N–H and O–H groups in total. The second-order valence-corrected chi connectivity index (χ2v) is 5.62. The van der Waals surface area contributed by atoms with Crippen molar-refractivity contribution in [2.45, 2.75) is 0 Å². The van der Waals surface area contributed by atoms with E-state index in [-0.39, 0.29) is 11.4 Å². The lowest BCUT2D eigenvalue weighted by Crippen LogP contribution is -2.44. The molecule has 1 aliphatic heterocycles. The van der Waals surface area contributed by atoms with Crippen LogP contribution in [-0.4, -0.2) is 47.9 Å². The molecule has 0 aromatic rings. The smallest absolute Gasteiger partial charge is 0.316 e. The summed E-state index contributed by atoms with van der Waals surface area (Å²) in [6.45, 7) is 3.26. The van der Waals surface area contributed by atoms with Crippen LogP contribution in [0.5, 0.6) is 0 Å². The average Bonchev–Trinajstić information content (AvgIpc) is 2.40. The molecular formula is C13H17BrN4O2. The Kier molecular flexibility index (Phi) is 4.61. The maximum Gasteiger partial charge on any atom is 0.316 e. The summed E-state index contributed by atoms with van der Waals surface area (Å²) in [7, 11) is 2.04. The lowest BCUT2D eigenvalue weighted by Gasteiger charge is -2.34. The average molecular weight is 341 g/mol. The second-order valence-electron chi connectivity index (χ2n) is 4.76. The van der Waals surface area contributed by atoms with E-state index in [1.807, 2.05) is 18.0 Å². The van der Waals surface area contributed by atoms with Crippen LogP contribution >= 0.6 is 15.9 Å². The fourth-order valence-corrected chi connectivity index (χ4v) is 2.54. The zero-order valence-corrected chi connectivity index (χ0v) is 12.8. The van der Waals surface area contributed by atoms with Crippen LogP contribution in [0.4, 0.5) is 0 Å². The van der Waals surface area contributed by atoms with E-state index < -0.39 is 4.92 Å². The van der Waals surface area contributed by atoms with Crippen molar-refractivity contribution in [1.29, 1.82) is 0 Å². The van der Waals surface area contributed by atoms with Crippen LogP contribution in [0.25, 0.3) is 0 Å². The van der Waals surface area contributed by atoms with Crippen molar-refractivity contribution in [1.82, 2.24) is 9.80 Å². The van der Waals surface area contributed by atoms with Gasteiger partial charge in [0, 0.05) is 30.7 Å². The Morgan fingerprint density at radius 2 is 1.85 bits per heavy atom. The number of nitro groups is 1. The first kappa shape index (κ1) is 14.8. The molecule has 7 heteroatoms. The fourth-order valence-electron chi connectivity index (χ4n) is 2.20. The summed E-state index contributed by atoms with van der Waals surface area (Å²) in [6, 6.07) is 0. The van der Waals surface area contributed by atoms with Crippen molar-refractivity contribution < 1.29 is 4.92 Å². The Morgan fingerprint density at radius 1 is 1.25 bits per heavy atom. The maximum absolute atomic E-state index is 11.4. The van der Waals surface area contributed by atoms with Crippen LogP contribution in [-0.2, 0) is 0 Å². The highest BCUT2D eigenvalue weighted by molar-refractivity contribution is 9.12. The van der Waals surface area contributed by atoms with Gasteiger partial charge in [-0.25, -0.2) is 0 Å². The summed E-state index contributed by atoms with van der Waals surface area (Å²) in [4.78, 5) is 15.2. The molecule has 0 radical (unpaired) electrons. The Morgan fingerprint density at radius 3 is 2.45 bits per heavy atom. The molecular weight excluding hydrogens is 324 g/mol. The molecule has 1 saturated heterocycles. The predicted octanol–water partition coefficient (Wildman–Crippen LogP) is 1.41. The predicted molar refractivity (Wildman–Crippen MR) is 81.5 cm³/mol. The fraction of sp³-hybridized carbons (Fsp3) is 0.385. The molecule has 2 rings (SSSR count). The minimum atomic E-state index is -0.409. The lowest BCUT2D eigenvalue weighted by molar-refractivity contribution is -0.423. The molecule has 0 saturated carbocycles. The van der Waals surface area contributed by atoms with Crippen LogP contribution < -0.4 is 5.73 Å². The van der Waals surface area contributed by atoms with Crippen molar-refractivity contribution >= 4 is 15.9 Å². The van der Waals surface area contributed by atoms with Gasteiger partial charge in [0.25, 0.3) is 0 Å². The number of nitrogens with two attached hydrogens (primary N) is 1. The maximum atomic E-state index is 11.4. The number of nitrogens with zero attached hydrogens (tertiary/aromatic N) is 3. The highest BCUT2D eigenvalue weighted by atomic mass is 79.9. The van der Waals surface area contributed by atoms with Crippen molar-refractivity contribution in [2.24, 2.45) is 5.73 Å². The summed E-state index contributed by atoms with van der Waals surface area (Å²) < 4.78 is 0.528. The summed E-state index contributed by atoms with van der Waals surface area (Å²) in [5, 5.41) is 11.4. The van der Waals surface area contributed by atoms with E-state index in [9.17, 15) is 10.1 Å². The van der Waals surface area contributed by atoms with Gasteiger partial charge in [0.15, 0.2) is 0 Å². The Bertz CT molecular complexity index is 528. The number of piperazine rings is 1. The van der Waals surface area contributed by atoms with Crippen molar-refractivity contribution in [2.75, 3.05) is 33.2 Å². The molecule has 1 aliphatic carbocycles. The van der Waals surface area contributed by atoms with Crippen molar-refractivity contribution in [3.05, 3.63) is 56.0 Å². The molecule has 0 spiro atoms. The van der Waals surface area contributed by atoms with Gasteiger partial charge in [-0.05, 0) is 35.1 Å². The molecule has 1 heterocycles. The molecule has 0 unspecified atom stereocenters. The molecule has 0 atom stereocenters. The molecule has 0 aromatic heterocycles. The Labute approximate surface area is 126 Å². The van der Waals surface area contributed by atoms with Gasteiger partial charge in [-0.1, -0.05) is 12.2 Å². The van der Waals surface area contributed by atoms with Gasteiger partial charge in [-0.3, -0.25) is 10.1 Å². The van der Waals surface area contributed by atoms with Gasteiger partial charge in [-0.2, -0.15) is 0 Å². The molecule has 0 aromatic carbocycles. The van der Waals surface area contributed by atoms with Crippen LogP contribution in [0, 0.1) is 10.1 Å². The number of allylic oxidation sites excluding steroid dienone is 5. The highest BCUT2D eigenvalue weighted by Crippen LogP contribution is 2.26. The third-order valence-electron chi connectivity index (χ3n) is 3.39. The van der Waals surface area contributed by atoms with E-state index in [4.69, 9.17) is 5.73 Å². The lowest BCUT2D eigenvalue weighted by atomic mass is 10.1. The first-order valence-electron chi connectivity index (χ1n) is 6.33. The monoisotopic (exact) mass is 340 g/mol. The minimum Gasteiger partial charge on any atom is -0.392 e. The summed E-state index contributed by atoms with van der Waals surface area (Å²) >= 11 is 3.28. The van der Waals surface area contributed by atoms with E-state index >= 15 is 0 Å². The van der Waals surface area contributed by atoms with E-state index in [2.05, 4.69) is 20.8 Å². The van der Waals surface area contributed by atoms with Gasteiger partial charge < -0.3 is 15.5 Å². The van der Waals surface area contributed by atoms with Gasteiger partial charge >= 0.3 is 5.70 Å². The van der Waals surface area contributed by atoms with E-state index in [1.165, 1.54) is 0 Å². The van der Waals surface area contributed by atoms with Gasteiger partial charge in [0.05, 0.1) is 4.92 Å². The molecule has 0 bridgehead atoms. The number of rotatable bonds is 2. The molecule has 1 fully saturated rings. The normalized spacial score (nSPS) is 25.4. The zero-order valence-electron chi connectivity index (χ0n) is 11.3. The van der Waals surface area contributed by atoms with Crippen LogP contribution in [0.15, 0.2) is 45.9 Å².